The summed E-state index contributed by atoms with van der Waals surface area (Å²) in [6.07, 6.45) is 0. The van der Waals surface area contributed by atoms with Gasteiger partial charge in [0.15, 0.2) is 0 Å². The van der Waals surface area contributed by atoms with Gasteiger partial charge in [-0.2, -0.15) is 5.26 Å². The van der Waals surface area contributed by atoms with Crippen molar-refractivity contribution in [2.24, 2.45) is 0 Å². The maximum Gasteiger partial charge on any atom is 0.255 e. The molecule has 106 valence electrons. The standard InChI is InChI=1S/C16H13ClN2O2/c1-19(10-12-4-2-3-11(7-12)9-18)16(21)14-8-13(20)5-6-15(14)17/h2-8,20H,10H2,1H3. The maximum absolute atomic E-state index is 12.3. The van der Waals surface area contributed by atoms with Crippen LogP contribution in [0.5, 0.6) is 5.75 Å². The third-order valence-corrected chi connectivity index (χ3v) is 3.33. The number of hydrogen-bond donors (Lipinski definition) is 1. The van der Waals surface area contributed by atoms with Crippen molar-refractivity contribution in [3.63, 3.8) is 0 Å². The molecule has 0 atom stereocenters. The number of halogens is 1. The van der Waals surface area contributed by atoms with Crippen LogP contribution in [0.1, 0.15) is 21.5 Å². The predicted molar refractivity (Wildman–Crippen MR) is 80.1 cm³/mol. The van der Waals surface area contributed by atoms with Crippen molar-refractivity contribution in [3.8, 4) is 11.8 Å². The van der Waals surface area contributed by atoms with E-state index in [0.29, 0.717) is 12.1 Å². The van der Waals surface area contributed by atoms with Crippen LogP contribution in [0.2, 0.25) is 5.02 Å². The highest BCUT2D eigenvalue weighted by atomic mass is 35.5. The molecule has 2 aromatic carbocycles. The first kappa shape index (κ1) is 14.9. The molecule has 2 rings (SSSR count). The Balaban J connectivity index is 2.19. The summed E-state index contributed by atoms with van der Waals surface area (Å²) in [4.78, 5) is 13.8. The lowest BCUT2D eigenvalue weighted by Crippen LogP contribution is -2.26. The van der Waals surface area contributed by atoms with Gasteiger partial charge in [-0.3, -0.25) is 4.79 Å². The van der Waals surface area contributed by atoms with E-state index in [-0.39, 0.29) is 22.2 Å². The molecule has 4 nitrogen and oxygen atoms in total. The van der Waals surface area contributed by atoms with E-state index in [1.807, 2.05) is 6.07 Å². The van der Waals surface area contributed by atoms with Crippen LogP contribution in [-0.4, -0.2) is 23.0 Å². The van der Waals surface area contributed by atoms with Gasteiger partial charge in [0, 0.05) is 13.6 Å². The van der Waals surface area contributed by atoms with Crippen molar-refractivity contribution in [1.29, 1.82) is 5.26 Å². The summed E-state index contributed by atoms with van der Waals surface area (Å²) >= 11 is 5.98. The Bertz CT molecular complexity index is 722. The molecule has 0 unspecified atom stereocenters. The van der Waals surface area contributed by atoms with Gasteiger partial charge in [-0.05, 0) is 35.9 Å². The molecule has 0 fully saturated rings. The van der Waals surface area contributed by atoms with E-state index >= 15 is 0 Å². The van der Waals surface area contributed by atoms with Crippen LogP contribution in [0.4, 0.5) is 0 Å². The number of carbonyl (C=O) groups is 1. The number of amides is 1. The van der Waals surface area contributed by atoms with Crippen molar-refractivity contribution < 1.29 is 9.90 Å². The number of carbonyl (C=O) groups excluding carboxylic acids is 1. The molecular weight excluding hydrogens is 288 g/mol. The Kier molecular flexibility index (Phi) is 4.46. The molecule has 0 saturated carbocycles. The lowest BCUT2D eigenvalue weighted by molar-refractivity contribution is 0.0785. The van der Waals surface area contributed by atoms with Gasteiger partial charge >= 0.3 is 0 Å². The SMILES string of the molecule is CN(Cc1cccc(C#N)c1)C(=O)c1cc(O)ccc1Cl. The highest BCUT2D eigenvalue weighted by Gasteiger charge is 2.16. The van der Waals surface area contributed by atoms with Crippen molar-refractivity contribution in [2.45, 2.75) is 6.54 Å². The maximum atomic E-state index is 12.3. The van der Waals surface area contributed by atoms with Gasteiger partial charge in [-0.15, -0.1) is 0 Å². The van der Waals surface area contributed by atoms with Crippen LogP contribution in [0.25, 0.3) is 0 Å². The molecule has 0 aliphatic carbocycles. The van der Waals surface area contributed by atoms with Gasteiger partial charge in [0.05, 0.1) is 22.2 Å². The molecule has 0 aliphatic rings. The normalized spacial score (nSPS) is 9.95. The number of nitrogens with zero attached hydrogens (tertiary/aromatic N) is 2. The lowest BCUT2D eigenvalue weighted by Gasteiger charge is -2.18. The summed E-state index contributed by atoms with van der Waals surface area (Å²) in [5, 5.41) is 18.6. The Hall–Kier alpha value is -2.51. The van der Waals surface area contributed by atoms with Crippen molar-refractivity contribution in [1.82, 2.24) is 4.90 Å². The summed E-state index contributed by atoms with van der Waals surface area (Å²) < 4.78 is 0. The summed E-state index contributed by atoms with van der Waals surface area (Å²) in [7, 11) is 1.64. The fraction of sp³-hybridized carbons (Fsp3) is 0.125. The third-order valence-electron chi connectivity index (χ3n) is 3.00. The topological polar surface area (TPSA) is 64.3 Å². The van der Waals surface area contributed by atoms with Gasteiger partial charge in [-0.25, -0.2) is 0 Å². The van der Waals surface area contributed by atoms with E-state index in [0.717, 1.165) is 5.56 Å². The fourth-order valence-corrected chi connectivity index (χ4v) is 2.17. The van der Waals surface area contributed by atoms with Crippen LogP contribution in [0.3, 0.4) is 0 Å². The third kappa shape index (κ3) is 3.53. The highest BCUT2D eigenvalue weighted by molar-refractivity contribution is 6.33. The zero-order chi connectivity index (χ0) is 15.4. The number of phenols is 1. The van der Waals surface area contributed by atoms with Crippen LogP contribution < -0.4 is 0 Å². The number of nitriles is 1. The van der Waals surface area contributed by atoms with Crippen LogP contribution in [0, 0.1) is 11.3 Å². The number of aromatic hydroxyl groups is 1. The Morgan fingerprint density at radius 1 is 1.33 bits per heavy atom. The van der Waals surface area contributed by atoms with E-state index in [4.69, 9.17) is 16.9 Å². The van der Waals surface area contributed by atoms with E-state index < -0.39 is 0 Å². The molecule has 1 N–H and O–H groups in total. The molecule has 0 spiro atoms. The van der Waals surface area contributed by atoms with E-state index in [2.05, 4.69) is 6.07 Å². The molecule has 0 radical (unpaired) electrons. The van der Waals surface area contributed by atoms with Gasteiger partial charge in [-0.1, -0.05) is 23.7 Å². The molecule has 5 heteroatoms. The number of benzene rings is 2. The average molecular weight is 301 g/mol. The van der Waals surface area contributed by atoms with Gasteiger partial charge in [0.1, 0.15) is 5.75 Å². The lowest BCUT2D eigenvalue weighted by atomic mass is 10.1. The minimum atomic E-state index is -0.293. The van der Waals surface area contributed by atoms with Gasteiger partial charge in [0.25, 0.3) is 5.91 Å². The quantitative estimate of drug-likeness (QED) is 0.946. The summed E-state index contributed by atoms with van der Waals surface area (Å²) in [5.74, 6) is -0.305. The summed E-state index contributed by atoms with van der Waals surface area (Å²) in [5.41, 5.74) is 1.64. The number of hydrogen-bond acceptors (Lipinski definition) is 3. The monoisotopic (exact) mass is 300 g/mol. The predicted octanol–water partition coefficient (Wildman–Crippen LogP) is 3.19. The second-order valence-electron chi connectivity index (χ2n) is 4.64. The van der Waals surface area contributed by atoms with Gasteiger partial charge < -0.3 is 10.0 Å². The molecule has 0 aliphatic heterocycles. The second-order valence-corrected chi connectivity index (χ2v) is 5.04. The second kappa shape index (κ2) is 6.29. The summed E-state index contributed by atoms with van der Waals surface area (Å²) in [6.45, 7) is 0.348. The van der Waals surface area contributed by atoms with E-state index in [9.17, 15) is 9.90 Å². The van der Waals surface area contributed by atoms with Crippen LogP contribution in [-0.2, 0) is 6.54 Å². The van der Waals surface area contributed by atoms with Crippen LogP contribution in [0.15, 0.2) is 42.5 Å². The minimum Gasteiger partial charge on any atom is -0.508 e. The van der Waals surface area contributed by atoms with Crippen molar-refractivity contribution in [2.75, 3.05) is 7.05 Å². The first-order valence-corrected chi connectivity index (χ1v) is 6.62. The Labute approximate surface area is 127 Å². The molecule has 2 aromatic rings. The molecule has 0 heterocycles. The molecule has 0 aromatic heterocycles. The zero-order valence-electron chi connectivity index (χ0n) is 11.4. The smallest absolute Gasteiger partial charge is 0.255 e. The molecule has 1 amide bonds. The largest absolute Gasteiger partial charge is 0.508 e. The Morgan fingerprint density at radius 3 is 2.81 bits per heavy atom. The molecular formula is C16H13ClN2O2. The summed E-state index contributed by atoms with van der Waals surface area (Å²) in [6, 6.07) is 13.4. The van der Waals surface area contributed by atoms with Crippen LogP contribution >= 0.6 is 11.6 Å². The first-order chi connectivity index (χ1) is 10.0. The first-order valence-electron chi connectivity index (χ1n) is 6.24. The molecule has 21 heavy (non-hydrogen) atoms. The minimum absolute atomic E-state index is 0.0115. The molecule has 0 saturated heterocycles. The van der Waals surface area contributed by atoms with Crippen molar-refractivity contribution >= 4 is 17.5 Å². The zero-order valence-corrected chi connectivity index (χ0v) is 12.1. The average Bonchev–Trinajstić information content (AvgIpc) is 2.49. The van der Waals surface area contributed by atoms with Gasteiger partial charge in [0.2, 0.25) is 0 Å². The highest BCUT2D eigenvalue weighted by Crippen LogP contribution is 2.23. The Morgan fingerprint density at radius 2 is 2.10 bits per heavy atom. The number of rotatable bonds is 3. The molecule has 0 bridgehead atoms. The fourth-order valence-electron chi connectivity index (χ4n) is 1.97. The van der Waals surface area contributed by atoms with E-state index in [1.54, 1.807) is 25.2 Å². The number of phenolic OH excluding ortho intramolecular Hbond substituents is 1. The van der Waals surface area contributed by atoms with Crippen molar-refractivity contribution in [3.05, 3.63) is 64.2 Å². The van der Waals surface area contributed by atoms with E-state index in [1.165, 1.54) is 23.1 Å².